The number of fused-ring (bicyclic) bond motifs is 1. The minimum Gasteiger partial charge on any atom is -0.508 e. The molecule has 0 aliphatic heterocycles. The zero-order valence-corrected chi connectivity index (χ0v) is 11.7. The SMILES string of the molecule is Cc1cc(NCc2c[nH]c3ccccc23)c(C)cc1O. The van der Waals surface area contributed by atoms with Crippen LogP contribution >= 0.6 is 0 Å². The van der Waals surface area contributed by atoms with Gasteiger partial charge in [-0.1, -0.05) is 18.2 Å². The number of aryl methyl sites for hydroxylation is 2. The summed E-state index contributed by atoms with van der Waals surface area (Å²) in [6, 6.07) is 12.1. The van der Waals surface area contributed by atoms with Gasteiger partial charge in [0, 0.05) is 29.3 Å². The maximum absolute atomic E-state index is 9.69. The first-order valence-electron chi connectivity index (χ1n) is 6.74. The van der Waals surface area contributed by atoms with E-state index in [0.717, 1.165) is 28.9 Å². The molecule has 0 fully saturated rings. The van der Waals surface area contributed by atoms with Gasteiger partial charge in [0.05, 0.1) is 0 Å². The van der Waals surface area contributed by atoms with Crippen molar-refractivity contribution in [1.82, 2.24) is 4.98 Å². The van der Waals surface area contributed by atoms with Crippen molar-refractivity contribution in [3.63, 3.8) is 0 Å². The van der Waals surface area contributed by atoms with Crippen molar-refractivity contribution in [2.45, 2.75) is 20.4 Å². The van der Waals surface area contributed by atoms with Crippen LogP contribution in [0.15, 0.2) is 42.6 Å². The molecule has 3 N–H and O–H groups in total. The number of benzene rings is 2. The normalized spacial score (nSPS) is 10.9. The average Bonchev–Trinajstić information content (AvgIpc) is 2.85. The summed E-state index contributed by atoms with van der Waals surface area (Å²) in [4.78, 5) is 3.28. The molecule has 0 bridgehead atoms. The Kier molecular flexibility index (Phi) is 3.11. The number of hydrogen-bond acceptors (Lipinski definition) is 2. The summed E-state index contributed by atoms with van der Waals surface area (Å²) in [7, 11) is 0. The van der Waals surface area contributed by atoms with Gasteiger partial charge in [-0.2, -0.15) is 0 Å². The summed E-state index contributed by atoms with van der Waals surface area (Å²) in [5.74, 6) is 0.347. The van der Waals surface area contributed by atoms with E-state index in [0.29, 0.717) is 5.75 Å². The van der Waals surface area contributed by atoms with Gasteiger partial charge in [0.1, 0.15) is 5.75 Å². The van der Waals surface area contributed by atoms with Gasteiger partial charge in [0.2, 0.25) is 0 Å². The molecule has 3 rings (SSSR count). The number of nitrogens with one attached hydrogen (secondary N) is 2. The van der Waals surface area contributed by atoms with Crippen molar-refractivity contribution in [1.29, 1.82) is 0 Å². The number of rotatable bonds is 3. The molecule has 3 heteroatoms. The number of phenols is 1. The first-order valence-corrected chi connectivity index (χ1v) is 6.74. The van der Waals surface area contributed by atoms with E-state index in [2.05, 4.69) is 28.5 Å². The molecule has 0 saturated heterocycles. The second-order valence-corrected chi connectivity index (χ2v) is 5.17. The maximum atomic E-state index is 9.69. The lowest BCUT2D eigenvalue weighted by Gasteiger charge is -2.11. The van der Waals surface area contributed by atoms with E-state index in [1.165, 1.54) is 10.9 Å². The predicted octanol–water partition coefficient (Wildman–Crippen LogP) is 4.10. The molecule has 0 radical (unpaired) electrons. The molecule has 3 aromatic rings. The molecule has 0 unspecified atom stereocenters. The minimum atomic E-state index is 0.347. The summed E-state index contributed by atoms with van der Waals surface area (Å²) in [5.41, 5.74) is 5.39. The molecule has 0 atom stereocenters. The molecule has 1 heterocycles. The highest BCUT2D eigenvalue weighted by molar-refractivity contribution is 5.83. The highest BCUT2D eigenvalue weighted by atomic mass is 16.3. The minimum absolute atomic E-state index is 0.347. The molecule has 102 valence electrons. The Morgan fingerprint density at radius 1 is 1.10 bits per heavy atom. The second kappa shape index (κ2) is 4.93. The Bertz CT molecular complexity index is 759. The summed E-state index contributed by atoms with van der Waals surface area (Å²) >= 11 is 0. The Balaban J connectivity index is 1.85. The van der Waals surface area contributed by atoms with Crippen LogP contribution in [0.25, 0.3) is 10.9 Å². The number of aromatic amines is 1. The Labute approximate surface area is 118 Å². The largest absolute Gasteiger partial charge is 0.508 e. The number of aromatic nitrogens is 1. The van der Waals surface area contributed by atoms with E-state index in [1.807, 2.05) is 32.2 Å². The second-order valence-electron chi connectivity index (χ2n) is 5.17. The fourth-order valence-corrected chi connectivity index (χ4v) is 2.46. The number of phenolic OH excluding ortho intramolecular Hbond substituents is 1. The van der Waals surface area contributed by atoms with Gasteiger partial charge >= 0.3 is 0 Å². The number of hydrogen-bond donors (Lipinski definition) is 3. The lowest BCUT2D eigenvalue weighted by Crippen LogP contribution is -2.01. The highest BCUT2D eigenvalue weighted by Gasteiger charge is 2.06. The Morgan fingerprint density at radius 2 is 1.90 bits per heavy atom. The van der Waals surface area contributed by atoms with E-state index in [4.69, 9.17) is 0 Å². The van der Waals surface area contributed by atoms with Crippen LogP contribution in [0.2, 0.25) is 0 Å². The molecule has 1 aromatic heterocycles. The third kappa shape index (κ3) is 2.23. The van der Waals surface area contributed by atoms with E-state index >= 15 is 0 Å². The third-order valence-electron chi connectivity index (χ3n) is 3.69. The van der Waals surface area contributed by atoms with Crippen LogP contribution in [0.1, 0.15) is 16.7 Å². The molecule has 0 spiro atoms. The zero-order valence-electron chi connectivity index (χ0n) is 11.7. The fraction of sp³-hybridized carbons (Fsp3) is 0.176. The van der Waals surface area contributed by atoms with Crippen LogP contribution in [0, 0.1) is 13.8 Å². The molecule has 20 heavy (non-hydrogen) atoms. The van der Waals surface area contributed by atoms with Gasteiger partial charge in [-0.05, 0) is 48.7 Å². The van der Waals surface area contributed by atoms with Gasteiger partial charge in [0.25, 0.3) is 0 Å². The van der Waals surface area contributed by atoms with Crippen LogP contribution < -0.4 is 5.32 Å². The molecule has 0 amide bonds. The summed E-state index contributed by atoms with van der Waals surface area (Å²) in [6.45, 7) is 4.66. The molecular formula is C17H18N2O. The summed E-state index contributed by atoms with van der Waals surface area (Å²) < 4.78 is 0. The van der Waals surface area contributed by atoms with Crippen LogP contribution in [0.3, 0.4) is 0 Å². The van der Waals surface area contributed by atoms with Gasteiger partial charge < -0.3 is 15.4 Å². The van der Waals surface area contributed by atoms with Gasteiger partial charge in [-0.15, -0.1) is 0 Å². The van der Waals surface area contributed by atoms with Crippen LogP contribution in [0.5, 0.6) is 5.75 Å². The van der Waals surface area contributed by atoms with Crippen molar-refractivity contribution in [3.05, 3.63) is 59.3 Å². The van der Waals surface area contributed by atoms with Crippen LogP contribution in [-0.4, -0.2) is 10.1 Å². The molecule has 2 aromatic carbocycles. The van der Waals surface area contributed by atoms with Crippen molar-refractivity contribution < 1.29 is 5.11 Å². The highest BCUT2D eigenvalue weighted by Crippen LogP contribution is 2.26. The lowest BCUT2D eigenvalue weighted by molar-refractivity contribution is 0.471. The summed E-state index contributed by atoms with van der Waals surface area (Å²) in [5, 5.41) is 14.4. The number of H-pyrrole nitrogens is 1. The Morgan fingerprint density at radius 3 is 2.75 bits per heavy atom. The molecular weight excluding hydrogens is 248 g/mol. The van der Waals surface area contributed by atoms with Crippen molar-refractivity contribution in [2.75, 3.05) is 5.32 Å². The van der Waals surface area contributed by atoms with Crippen molar-refractivity contribution in [3.8, 4) is 5.75 Å². The van der Waals surface area contributed by atoms with Crippen molar-refractivity contribution in [2.24, 2.45) is 0 Å². The zero-order chi connectivity index (χ0) is 14.1. The Hall–Kier alpha value is -2.42. The molecule has 3 nitrogen and oxygen atoms in total. The monoisotopic (exact) mass is 266 g/mol. The van der Waals surface area contributed by atoms with Crippen LogP contribution in [-0.2, 0) is 6.54 Å². The van der Waals surface area contributed by atoms with E-state index in [9.17, 15) is 5.11 Å². The fourth-order valence-electron chi connectivity index (χ4n) is 2.46. The number of aromatic hydroxyl groups is 1. The van der Waals surface area contributed by atoms with Gasteiger partial charge in [-0.25, -0.2) is 0 Å². The molecule has 0 saturated carbocycles. The van der Waals surface area contributed by atoms with E-state index in [1.54, 1.807) is 6.07 Å². The first-order chi connectivity index (χ1) is 9.65. The molecule has 0 aliphatic carbocycles. The smallest absolute Gasteiger partial charge is 0.118 e. The van der Waals surface area contributed by atoms with Crippen LogP contribution in [0.4, 0.5) is 5.69 Å². The average molecular weight is 266 g/mol. The number of para-hydroxylation sites is 1. The quantitative estimate of drug-likeness (QED) is 0.625. The van der Waals surface area contributed by atoms with Gasteiger partial charge in [-0.3, -0.25) is 0 Å². The predicted molar refractivity (Wildman–Crippen MR) is 83.2 cm³/mol. The molecule has 0 aliphatic rings. The summed E-state index contributed by atoms with van der Waals surface area (Å²) in [6.07, 6.45) is 2.04. The standard InChI is InChI=1S/C17H18N2O/c1-11-8-17(20)12(2)7-16(11)19-10-13-9-18-15-6-4-3-5-14(13)15/h3-9,18-20H,10H2,1-2H3. The topological polar surface area (TPSA) is 48.0 Å². The van der Waals surface area contributed by atoms with E-state index < -0.39 is 0 Å². The maximum Gasteiger partial charge on any atom is 0.118 e. The lowest BCUT2D eigenvalue weighted by atomic mass is 10.1. The van der Waals surface area contributed by atoms with E-state index in [-0.39, 0.29) is 0 Å². The third-order valence-corrected chi connectivity index (χ3v) is 3.69. The van der Waals surface area contributed by atoms with Crippen molar-refractivity contribution >= 4 is 16.6 Å². The van der Waals surface area contributed by atoms with Gasteiger partial charge in [0.15, 0.2) is 0 Å². The number of anilines is 1. The first kappa shape index (κ1) is 12.6.